The van der Waals surface area contributed by atoms with Gasteiger partial charge in [0.2, 0.25) is 0 Å². The molecule has 1 N–H and O–H groups in total. The minimum absolute atomic E-state index is 0.252. The van der Waals surface area contributed by atoms with Crippen LogP contribution in [0.1, 0.15) is 51.6 Å². The van der Waals surface area contributed by atoms with Crippen LogP contribution in [0.3, 0.4) is 0 Å². The topological polar surface area (TPSA) is 12.0 Å². The van der Waals surface area contributed by atoms with Crippen molar-refractivity contribution >= 4 is 0 Å². The quantitative estimate of drug-likeness (QED) is 0.785. The van der Waals surface area contributed by atoms with E-state index in [4.69, 9.17) is 0 Å². The summed E-state index contributed by atoms with van der Waals surface area (Å²) in [7, 11) is 0. The highest BCUT2D eigenvalue weighted by Gasteiger charge is 2.32. The molecule has 0 radical (unpaired) electrons. The molecular formula is C17H24F3N. The fourth-order valence-corrected chi connectivity index (χ4v) is 3.81. The maximum Gasteiger partial charge on any atom is 0.194 e. The van der Waals surface area contributed by atoms with E-state index in [0.717, 1.165) is 18.9 Å². The molecule has 0 amide bonds. The van der Waals surface area contributed by atoms with Gasteiger partial charge in [-0.3, -0.25) is 0 Å². The molecule has 0 spiro atoms. The number of hydrogen-bond acceptors (Lipinski definition) is 1. The predicted octanol–water partition coefficient (Wildman–Crippen LogP) is 4.83. The third-order valence-corrected chi connectivity index (χ3v) is 4.51. The van der Waals surface area contributed by atoms with Crippen LogP contribution in [0.2, 0.25) is 0 Å². The molecule has 4 heteroatoms. The molecule has 21 heavy (non-hydrogen) atoms. The molecule has 1 aromatic carbocycles. The van der Waals surface area contributed by atoms with Gasteiger partial charge in [0.1, 0.15) is 0 Å². The summed E-state index contributed by atoms with van der Waals surface area (Å²) in [5, 5.41) is 3.27. The molecule has 0 bridgehead atoms. The van der Waals surface area contributed by atoms with Crippen LogP contribution in [0.25, 0.3) is 0 Å². The highest BCUT2D eigenvalue weighted by Crippen LogP contribution is 2.40. The van der Waals surface area contributed by atoms with Gasteiger partial charge in [0, 0.05) is 11.6 Å². The molecule has 1 aliphatic rings. The van der Waals surface area contributed by atoms with Gasteiger partial charge >= 0.3 is 0 Å². The summed E-state index contributed by atoms with van der Waals surface area (Å²) < 4.78 is 40.8. The fourth-order valence-electron chi connectivity index (χ4n) is 3.81. The Hall–Kier alpha value is -1.03. The third-order valence-electron chi connectivity index (χ3n) is 4.51. The molecular weight excluding hydrogens is 275 g/mol. The Morgan fingerprint density at radius 1 is 1.05 bits per heavy atom. The standard InChI is InChI=1S/C17H24F3N/c1-4-21-17(12-8-10(2)7-11(3)9-12)13-5-6-14(18)16(20)15(13)19/h5-6,10-12,17,21H,4,7-9H2,1-3H3. The molecule has 3 atom stereocenters. The van der Waals surface area contributed by atoms with Gasteiger partial charge in [-0.05, 0) is 49.6 Å². The number of hydrogen-bond donors (Lipinski definition) is 1. The van der Waals surface area contributed by atoms with Crippen molar-refractivity contribution in [3.8, 4) is 0 Å². The van der Waals surface area contributed by atoms with Crippen molar-refractivity contribution in [3.63, 3.8) is 0 Å². The maximum absolute atomic E-state index is 14.1. The van der Waals surface area contributed by atoms with Gasteiger partial charge in [0.25, 0.3) is 0 Å². The molecule has 1 aromatic rings. The van der Waals surface area contributed by atoms with Gasteiger partial charge in [-0.25, -0.2) is 13.2 Å². The summed E-state index contributed by atoms with van der Waals surface area (Å²) in [5.41, 5.74) is 0.252. The Morgan fingerprint density at radius 3 is 2.24 bits per heavy atom. The molecule has 0 aliphatic heterocycles. The van der Waals surface area contributed by atoms with E-state index in [1.165, 1.54) is 12.5 Å². The largest absolute Gasteiger partial charge is 0.310 e. The van der Waals surface area contributed by atoms with E-state index in [9.17, 15) is 13.2 Å². The third kappa shape index (κ3) is 3.60. The zero-order valence-electron chi connectivity index (χ0n) is 12.9. The molecule has 0 saturated heterocycles. The van der Waals surface area contributed by atoms with Gasteiger partial charge in [0.15, 0.2) is 17.5 Å². The van der Waals surface area contributed by atoms with Gasteiger partial charge in [-0.2, -0.15) is 0 Å². The van der Waals surface area contributed by atoms with E-state index in [-0.39, 0.29) is 17.5 Å². The zero-order valence-corrected chi connectivity index (χ0v) is 12.9. The van der Waals surface area contributed by atoms with E-state index in [2.05, 4.69) is 19.2 Å². The molecule has 0 aromatic heterocycles. The van der Waals surface area contributed by atoms with Crippen LogP contribution in [0.15, 0.2) is 12.1 Å². The smallest absolute Gasteiger partial charge is 0.194 e. The van der Waals surface area contributed by atoms with Crippen LogP contribution in [0.4, 0.5) is 13.2 Å². The molecule has 1 fully saturated rings. The van der Waals surface area contributed by atoms with Crippen molar-refractivity contribution < 1.29 is 13.2 Å². The number of rotatable bonds is 4. The number of halogens is 3. The summed E-state index contributed by atoms with van der Waals surface area (Å²) in [6.07, 6.45) is 3.15. The Labute approximate surface area is 124 Å². The van der Waals surface area contributed by atoms with Crippen LogP contribution >= 0.6 is 0 Å². The van der Waals surface area contributed by atoms with Crippen molar-refractivity contribution in [1.29, 1.82) is 0 Å². The van der Waals surface area contributed by atoms with Crippen LogP contribution < -0.4 is 5.32 Å². The maximum atomic E-state index is 14.1. The molecule has 1 nitrogen and oxygen atoms in total. The molecule has 118 valence electrons. The Kier molecular flexibility index (Phi) is 5.31. The lowest BCUT2D eigenvalue weighted by Crippen LogP contribution is -2.34. The highest BCUT2D eigenvalue weighted by molar-refractivity contribution is 5.24. The van der Waals surface area contributed by atoms with Crippen LogP contribution in [-0.4, -0.2) is 6.54 Å². The van der Waals surface area contributed by atoms with Crippen molar-refractivity contribution in [1.82, 2.24) is 5.32 Å². The van der Waals surface area contributed by atoms with E-state index < -0.39 is 17.5 Å². The second-order valence-corrected chi connectivity index (χ2v) is 6.48. The van der Waals surface area contributed by atoms with Crippen LogP contribution in [-0.2, 0) is 0 Å². The van der Waals surface area contributed by atoms with Crippen LogP contribution in [0.5, 0.6) is 0 Å². The summed E-state index contributed by atoms with van der Waals surface area (Å²) in [6.45, 7) is 7.02. The second kappa shape index (κ2) is 6.82. The minimum Gasteiger partial charge on any atom is -0.310 e. The Morgan fingerprint density at radius 2 is 1.67 bits per heavy atom. The first-order valence-corrected chi connectivity index (χ1v) is 7.80. The van der Waals surface area contributed by atoms with E-state index in [1.54, 1.807) is 0 Å². The lowest BCUT2D eigenvalue weighted by molar-refractivity contribution is 0.175. The van der Waals surface area contributed by atoms with E-state index >= 15 is 0 Å². The first kappa shape index (κ1) is 16.3. The minimum atomic E-state index is -1.37. The molecule has 2 rings (SSSR count). The number of benzene rings is 1. The van der Waals surface area contributed by atoms with Crippen molar-refractivity contribution in [2.24, 2.45) is 17.8 Å². The zero-order chi connectivity index (χ0) is 15.6. The monoisotopic (exact) mass is 299 g/mol. The van der Waals surface area contributed by atoms with Crippen molar-refractivity contribution in [2.45, 2.75) is 46.1 Å². The summed E-state index contributed by atoms with van der Waals surface area (Å²) in [6, 6.07) is 2.15. The van der Waals surface area contributed by atoms with E-state index in [0.29, 0.717) is 18.4 Å². The summed E-state index contributed by atoms with van der Waals surface area (Å²) >= 11 is 0. The molecule has 1 saturated carbocycles. The van der Waals surface area contributed by atoms with Crippen molar-refractivity contribution in [2.75, 3.05) is 6.54 Å². The molecule has 0 heterocycles. The first-order chi connectivity index (χ1) is 9.93. The van der Waals surface area contributed by atoms with E-state index in [1.807, 2.05) is 6.92 Å². The Bertz CT molecular complexity index is 479. The van der Waals surface area contributed by atoms with Crippen LogP contribution in [0, 0.1) is 35.2 Å². The van der Waals surface area contributed by atoms with Gasteiger partial charge < -0.3 is 5.32 Å². The summed E-state index contributed by atoms with van der Waals surface area (Å²) in [4.78, 5) is 0. The van der Waals surface area contributed by atoms with Gasteiger partial charge in [0.05, 0.1) is 0 Å². The lowest BCUT2D eigenvalue weighted by atomic mass is 9.72. The average molecular weight is 299 g/mol. The first-order valence-electron chi connectivity index (χ1n) is 7.80. The normalized spacial score (nSPS) is 27.6. The average Bonchev–Trinajstić information content (AvgIpc) is 2.42. The number of nitrogens with one attached hydrogen (secondary N) is 1. The second-order valence-electron chi connectivity index (χ2n) is 6.48. The fraction of sp³-hybridized carbons (Fsp3) is 0.647. The predicted molar refractivity (Wildman–Crippen MR) is 78.4 cm³/mol. The van der Waals surface area contributed by atoms with Crippen molar-refractivity contribution in [3.05, 3.63) is 35.1 Å². The van der Waals surface area contributed by atoms with Gasteiger partial charge in [-0.1, -0.05) is 26.8 Å². The SMILES string of the molecule is CCNC(c1ccc(F)c(F)c1F)C1CC(C)CC(C)C1. The summed E-state index contributed by atoms with van der Waals surface area (Å²) in [5.74, 6) is -2.14. The molecule has 3 unspecified atom stereocenters. The Balaban J connectivity index is 2.32. The highest BCUT2D eigenvalue weighted by atomic mass is 19.2. The van der Waals surface area contributed by atoms with Gasteiger partial charge in [-0.15, -0.1) is 0 Å². The lowest BCUT2D eigenvalue weighted by Gasteiger charge is -2.37. The molecule has 1 aliphatic carbocycles.